The van der Waals surface area contributed by atoms with Gasteiger partial charge in [-0.05, 0) is 49.2 Å². The molecule has 0 spiro atoms. The maximum absolute atomic E-state index is 13.0. The molecule has 1 fully saturated rings. The number of para-hydroxylation sites is 1. The first-order valence-electron chi connectivity index (χ1n) is 9.05. The summed E-state index contributed by atoms with van der Waals surface area (Å²) in [5.41, 5.74) is 1.40. The first-order chi connectivity index (χ1) is 13.1. The molecule has 0 radical (unpaired) electrons. The number of fused-ring (bicyclic) bond motifs is 1. The van der Waals surface area contributed by atoms with E-state index in [9.17, 15) is 14.0 Å². The Kier molecular flexibility index (Phi) is 4.99. The van der Waals surface area contributed by atoms with Gasteiger partial charge in [0, 0.05) is 24.9 Å². The van der Waals surface area contributed by atoms with Crippen LogP contribution in [0.25, 0.3) is 10.2 Å². The Morgan fingerprint density at radius 2 is 1.89 bits per heavy atom. The lowest BCUT2D eigenvalue weighted by molar-refractivity contribution is -0.132. The van der Waals surface area contributed by atoms with Crippen molar-refractivity contribution in [1.82, 2.24) is 9.88 Å². The number of benzene rings is 2. The van der Waals surface area contributed by atoms with Crippen molar-refractivity contribution in [2.75, 3.05) is 6.54 Å². The van der Waals surface area contributed by atoms with E-state index >= 15 is 0 Å². The van der Waals surface area contributed by atoms with E-state index in [1.54, 1.807) is 11.3 Å². The molecule has 3 aromatic rings. The van der Waals surface area contributed by atoms with Crippen LogP contribution in [0.3, 0.4) is 0 Å². The minimum atomic E-state index is -0.377. The summed E-state index contributed by atoms with van der Waals surface area (Å²) in [5, 5.41) is 0.965. The standard InChI is InChI=1S/C21H19FN2O2S/c22-15-9-7-14(8-10-15)18(25)11-12-20(26)24-13-3-5-17(24)21-23-16-4-1-2-6-19(16)27-21/h1-2,4,6-10,17H,3,5,11-13H2/t17-/m1/s1. The first kappa shape index (κ1) is 17.8. The van der Waals surface area contributed by atoms with Gasteiger partial charge in [0.05, 0.1) is 16.3 Å². The average Bonchev–Trinajstić information content (AvgIpc) is 3.32. The number of amides is 1. The minimum absolute atomic E-state index is 0.00387. The van der Waals surface area contributed by atoms with Gasteiger partial charge in [0.2, 0.25) is 5.91 Å². The van der Waals surface area contributed by atoms with Crippen LogP contribution in [0.1, 0.15) is 47.1 Å². The largest absolute Gasteiger partial charge is 0.333 e. The number of rotatable bonds is 5. The van der Waals surface area contributed by atoms with Crippen molar-refractivity contribution in [1.29, 1.82) is 0 Å². The number of nitrogens with zero attached hydrogens (tertiary/aromatic N) is 2. The molecule has 27 heavy (non-hydrogen) atoms. The van der Waals surface area contributed by atoms with Gasteiger partial charge in [-0.25, -0.2) is 9.37 Å². The number of carbonyl (C=O) groups excluding carboxylic acids is 2. The van der Waals surface area contributed by atoms with Gasteiger partial charge in [0.1, 0.15) is 10.8 Å². The normalized spacial score (nSPS) is 16.8. The van der Waals surface area contributed by atoms with Crippen molar-refractivity contribution in [3.05, 3.63) is 64.9 Å². The fraction of sp³-hybridized carbons (Fsp3) is 0.286. The van der Waals surface area contributed by atoms with Crippen LogP contribution in [-0.2, 0) is 4.79 Å². The molecule has 138 valence electrons. The Labute approximate surface area is 160 Å². The smallest absolute Gasteiger partial charge is 0.223 e. The summed E-state index contributed by atoms with van der Waals surface area (Å²) in [5.74, 6) is -0.537. The monoisotopic (exact) mass is 382 g/mol. The van der Waals surface area contributed by atoms with Crippen LogP contribution in [0, 0.1) is 5.82 Å². The Morgan fingerprint density at radius 1 is 1.11 bits per heavy atom. The zero-order valence-electron chi connectivity index (χ0n) is 14.7. The maximum Gasteiger partial charge on any atom is 0.223 e. The lowest BCUT2D eigenvalue weighted by Gasteiger charge is -2.23. The molecule has 2 aromatic carbocycles. The Morgan fingerprint density at radius 3 is 2.67 bits per heavy atom. The molecule has 1 aromatic heterocycles. The molecular formula is C21H19FN2O2S. The summed E-state index contributed by atoms with van der Waals surface area (Å²) in [6, 6.07) is 13.4. The van der Waals surface area contributed by atoms with Gasteiger partial charge in [-0.1, -0.05) is 12.1 Å². The van der Waals surface area contributed by atoms with Crippen LogP contribution in [0.5, 0.6) is 0 Å². The number of hydrogen-bond acceptors (Lipinski definition) is 4. The topological polar surface area (TPSA) is 50.3 Å². The molecule has 4 rings (SSSR count). The number of carbonyl (C=O) groups is 2. The molecule has 0 saturated carbocycles. The molecule has 4 nitrogen and oxygen atoms in total. The molecule has 2 heterocycles. The fourth-order valence-corrected chi connectivity index (χ4v) is 4.61. The summed E-state index contributed by atoms with van der Waals surface area (Å²) in [6.07, 6.45) is 2.14. The van der Waals surface area contributed by atoms with Gasteiger partial charge in [-0.15, -0.1) is 11.3 Å². The summed E-state index contributed by atoms with van der Waals surface area (Å²) in [6.45, 7) is 0.699. The second kappa shape index (κ2) is 7.56. The molecule has 1 saturated heterocycles. The maximum atomic E-state index is 13.0. The van der Waals surface area contributed by atoms with Crippen LogP contribution in [-0.4, -0.2) is 28.1 Å². The highest BCUT2D eigenvalue weighted by atomic mass is 32.1. The van der Waals surface area contributed by atoms with E-state index in [0.29, 0.717) is 12.1 Å². The number of likely N-dealkylation sites (tertiary alicyclic amines) is 1. The SMILES string of the molecule is O=C(CCC(=O)N1CCC[C@@H]1c1nc2ccccc2s1)c1ccc(F)cc1. The predicted octanol–water partition coefficient (Wildman–Crippen LogP) is 4.76. The molecule has 0 unspecified atom stereocenters. The molecule has 0 bridgehead atoms. The lowest BCUT2D eigenvalue weighted by atomic mass is 10.1. The third kappa shape index (κ3) is 3.76. The van der Waals surface area contributed by atoms with E-state index in [0.717, 1.165) is 28.1 Å². The van der Waals surface area contributed by atoms with Crippen molar-refractivity contribution in [3.63, 3.8) is 0 Å². The van der Waals surface area contributed by atoms with Gasteiger partial charge in [-0.2, -0.15) is 0 Å². The number of thiazole rings is 1. The molecule has 1 amide bonds. The molecule has 1 aliphatic rings. The van der Waals surface area contributed by atoms with Gasteiger partial charge < -0.3 is 4.90 Å². The van der Waals surface area contributed by atoms with Crippen molar-refractivity contribution in [3.8, 4) is 0 Å². The number of hydrogen-bond donors (Lipinski definition) is 0. The highest BCUT2D eigenvalue weighted by molar-refractivity contribution is 7.18. The molecule has 0 N–H and O–H groups in total. The zero-order valence-corrected chi connectivity index (χ0v) is 15.5. The van der Waals surface area contributed by atoms with E-state index in [1.165, 1.54) is 24.3 Å². The van der Waals surface area contributed by atoms with Crippen molar-refractivity contribution >= 4 is 33.2 Å². The third-order valence-electron chi connectivity index (χ3n) is 4.90. The first-order valence-corrected chi connectivity index (χ1v) is 9.87. The second-order valence-corrected chi connectivity index (χ2v) is 7.76. The highest BCUT2D eigenvalue weighted by Gasteiger charge is 2.32. The summed E-state index contributed by atoms with van der Waals surface area (Å²) in [4.78, 5) is 31.5. The number of Topliss-reactive ketones (excluding diaryl/α,β-unsaturated/α-hetero) is 1. The number of ketones is 1. The Bertz CT molecular complexity index is 950. The highest BCUT2D eigenvalue weighted by Crippen LogP contribution is 2.36. The van der Waals surface area contributed by atoms with Crippen LogP contribution in [0.4, 0.5) is 4.39 Å². The van der Waals surface area contributed by atoms with Gasteiger partial charge in [0.25, 0.3) is 0 Å². The second-order valence-electron chi connectivity index (χ2n) is 6.70. The van der Waals surface area contributed by atoms with Crippen molar-refractivity contribution in [2.45, 2.75) is 31.7 Å². The van der Waals surface area contributed by atoms with Crippen molar-refractivity contribution in [2.24, 2.45) is 0 Å². The Balaban J connectivity index is 1.43. The lowest BCUT2D eigenvalue weighted by Crippen LogP contribution is -2.30. The van der Waals surface area contributed by atoms with Crippen LogP contribution >= 0.6 is 11.3 Å². The van der Waals surface area contributed by atoms with Crippen LogP contribution in [0.2, 0.25) is 0 Å². The predicted molar refractivity (Wildman–Crippen MR) is 103 cm³/mol. The molecule has 1 atom stereocenters. The molecule has 1 aliphatic heterocycles. The molecule has 0 aliphatic carbocycles. The van der Waals surface area contributed by atoms with Crippen molar-refractivity contribution < 1.29 is 14.0 Å². The Hall–Kier alpha value is -2.60. The quantitative estimate of drug-likeness (QED) is 0.598. The summed E-state index contributed by atoms with van der Waals surface area (Å²) in [7, 11) is 0. The van der Waals surface area contributed by atoms with E-state index in [4.69, 9.17) is 4.98 Å². The molecular weight excluding hydrogens is 363 g/mol. The van der Waals surface area contributed by atoms with E-state index in [2.05, 4.69) is 0 Å². The van der Waals surface area contributed by atoms with Gasteiger partial charge in [0.15, 0.2) is 5.78 Å². The zero-order chi connectivity index (χ0) is 18.8. The van der Waals surface area contributed by atoms with E-state index in [1.807, 2.05) is 29.2 Å². The van der Waals surface area contributed by atoms with E-state index in [-0.39, 0.29) is 36.4 Å². The molecule has 6 heteroatoms. The van der Waals surface area contributed by atoms with E-state index < -0.39 is 0 Å². The van der Waals surface area contributed by atoms with Crippen LogP contribution in [0.15, 0.2) is 48.5 Å². The number of halogens is 1. The fourth-order valence-electron chi connectivity index (χ4n) is 3.50. The van der Waals surface area contributed by atoms with Crippen LogP contribution < -0.4 is 0 Å². The average molecular weight is 382 g/mol. The third-order valence-corrected chi connectivity index (χ3v) is 6.04. The summed E-state index contributed by atoms with van der Waals surface area (Å²) < 4.78 is 14.1. The van der Waals surface area contributed by atoms with Gasteiger partial charge in [-0.3, -0.25) is 9.59 Å². The van der Waals surface area contributed by atoms with Gasteiger partial charge >= 0.3 is 0 Å². The summed E-state index contributed by atoms with van der Waals surface area (Å²) >= 11 is 1.63. The number of aromatic nitrogens is 1. The minimum Gasteiger partial charge on any atom is -0.333 e.